The Morgan fingerprint density at radius 3 is 2.48 bits per heavy atom. The predicted molar refractivity (Wildman–Crippen MR) is 74.4 cm³/mol. The molecule has 0 aliphatic heterocycles. The highest BCUT2D eigenvalue weighted by atomic mass is 35.5. The molecule has 21 heavy (non-hydrogen) atoms. The van der Waals surface area contributed by atoms with Crippen molar-refractivity contribution in [2.45, 2.75) is 13.1 Å². The molecule has 0 N–H and O–H groups in total. The van der Waals surface area contributed by atoms with Gasteiger partial charge in [-0.25, -0.2) is 4.98 Å². The molecule has 0 saturated carbocycles. The van der Waals surface area contributed by atoms with Crippen molar-refractivity contribution >= 4 is 28.3 Å². The van der Waals surface area contributed by atoms with Crippen molar-refractivity contribution in [2.24, 2.45) is 0 Å². The number of carbonyl (C=O) groups excluding carboxylic acids is 1. The Kier molecular flexibility index (Phi) is 4.37. The second kappa shape index (κ2) is 5.89. The molecule has 7 heteroatoms. The van der Waals surface area contributed by atoms with Crippen LogP contribution in [0.3, 0.4) is 0 Å². The van der Waals surface area contributed by atoms with Crippen LogP contribution < -0.4 is 0 Å². The minimum atomic E-state index is -4.44. The lowest BCUT2D eigenvalue weighted by Gasteiger charge is -2.22. The molecule has 1 aromatic carbocycles. The molecule has 2 aromatic rings. The van der Waals surface area contributed by atoms with E-state index in [0.29, 0.717) is 10.8 Å². The van der Waals surface area contributed by atoms with E-state index in [4.69, 9.17) is 11.6 Å². The van der Waals surface area contributed by atoms with Crippen molar-refractivity contribution in [3.05, 3.63) is 41.2 Å². The first-order valence-corrected chi connectivity index (χ1v) is 6.60. The molecule has 0 radical (unpaired) electrons. The smallest absolute Gasteiger partial charge is 0.330 e. The summed E-state index contributed by atoms with van der Waals surface area (Å²) in [5.41, 5.74) is 0.112. The van der Waals surface area contributed by atoms with E-state index in [-0.39, 0.29) is 17.3 Å². The van der Waals surface area contributed by atoms with Crippen LogP contribution in [0.15, 0.2) is 30.5 Å². The van der Waals surface area contributed by atoms with Crippen molar-refractivity contribution in [2.75, 3.05) is 13.1 Å². The van der Waals surface area contributed by atoms with Crippen molar-refractivity contribution < 1.29 is 18.0 Å². The standard InChI is InChI=1S/C14H12ClF3N2O/c1-2-20(8-14(16,17)18)13(21)11-7-19-12(15)10-6-4-3-5-9(10)11/h3-7H,2,8H2,1H3. The minimum absolute atomic E-state index is 0.0463. The lowest BCUT2D eigenvalue weighted by molar-refractivity contribution is -0.140. The normalized spacial score (nSPS) is 11.7. The summed E-state index contributed by atoms with van der Waals surface area (Å²) in [6.07, 6.45) is -3.23. The highest BCUT2D eigenvalue weighted by molar-refractivity contribution is 6.34. The zero-order chi connectivity index (χ0) is 15.6. The summed E-state index contributed by atoms with van der Waals surface area (Å²) in [5, 5.41) is 1.23. The Bertz CT molecular complexity index is 673. The van der Waals surface area contributed by atoms with Crippen LogP contribution in [0.25, 0.3) is 10.8 Å². The largest absolute Gasteiger partial charge is 0.406 e. The number of nitrogens with zero attached hydrogens (tertiary/aromatic N) is 2. The molecule has 0 aliphatic rings. The molecule has 1 amide bonds. The molecule has 2 rings (SSSR count). The zero-order valence-electron chi connectivity index (χ0n) is 11.1. The van der Waals surface area contributed by atoms with Gasteiger partial charge in [0.15, 0.2) is 0 Å². The molecule has 112 valence electrons. The molecule has 0 bridgehead atoms. The summed E-state index contributed by atoms with van der Waals surface area (Å²) < 4.78 is 37.5. The van der Waals surface area contributed by atoms with Gasteiger partial charge in [-0.3, -0.25) is 4.79 Å². The van der Waals surface area contributed by atoms with Gasteiger partial charge in [-0.1, -0.05) is 35.9 Å². The van der Waals surface area contributed by atoms with Gasteiger partial charge in [0, 0.05) is 18.1 Å². The van der Waals surface area contributed by atoms with Crippen LogP contribution in [-0.2, 0) is 0 Å². The van der Waals surface area contributed by atoms with Gasteiger partial charge in [0.25, 0.3) is 5.91 Å². The molecule has 0 unspecified atom stereocenters. The first-order valence-electron chi connectivity index (χ1n) is 6.22. The van der Waals surface area contributed by atoms with Crippen molar-refractivity contribution in [3.63, 3.8) is 0 Å². The fourth-order valence-electron chi connectivity index (χ4n) is 2.04. The maximum Gasteiger partial charge on any atom is 0.406 e. The predicted octanol–water partition coefficient (Wildman–Crippen LogP) is 3.91. The molecule has 0 saturated heterocycles. The molecule has 1 aromatic heterocycles. The maximum atomic E-state index is 12.5. The van der Waals surface area contributed by atoms with E-state index in [2.05, 4.69) is 4.98 Å². The summed E-state index contributed by atoms with van der Waals surface area (Å²) in [7, 11) is 0. The number of rotatable bonds is 3. The summed E-state index contributed by atoms with van der Waals surface area (Å²) in [6.45, 7) is 0.157. The van der Waals surface area contributed by atoms with Crippen molar-refractivity contribution in [1.82, 2.24) is 9.88 Å². The Labute approximate surface area is 124 Å². The van der Waals surface area contributed by atoms with E-state index in [1.165, 1.54) is 13.1 Å². The van der Waals surface area contributed by atoms with E-state index in [1.807, 2.05) is 0 Å². The third-order valence-corrected chi connectivity index (χ3v) is 3.32. The first kappa shape index (κ1) is 15.6. The zero-order valence-corrected chi connectivity index (χ0v) is 11.9. The quantitative estimate of drug-likeness (QED) is 0.804. The molecule has 0 fully saturated rings. The number of hydrogen-bond donors (Lipinski definition) is 0. The van der Waals surface area contributed by atoms with Crippen LogP contribution in [0.4, 0.5) is 13.2 Å². The number of halogens is 4. The molecule has 0 aliphatic carbocycles. The lowest BCUT2D eigenvalue weighted by atomic mass is 10.1. The maximum absolute atomic E-state index is 12.5. The average molecular weight is 317 g/mol. The van der Waals surface area contributed by atoms with Gasteiger partial charge in [-0.15, -0.1) is 0 Å². The Morgan fingerprint density at radius 2 is 1.90 bits per heavy atom. The van der Waals surface area contributed by atoms with Crippen LogP contribution in [0.2, 0.25) is 5.15 Å². The van der Waals surface area contributed by atoms with E-state index < -0.39 is 18.6 Å². The van der Waals surface area contributed by atoms with Crippen LogP contribution >= 0.6 is 11.6 Å². The second-order valence-corrected chi connectivity index (χ2v) is 4.80. The number of hydrogen-bond acceptors (Lipinski definition) is 2. The van der Waals surface area contributed by atoms with Gasteiger partial charge in [-0.2, -0.15) is 13.2 Å². The topological polar surface area (TPSA) is 33.2 Å². The Balaban J connectivity index is 2.46. The summed E-state index contributed by atoms with van der Waals surface area (Å²) >= 11 is 5.94. The van der Waals surface area contributed by atoms with Gasteiger partial charge in [0.1, 0.15) is 11.7 Å². The molecule has 1 heterocycles. The average Bonchev–Trinajstić information content (AvgIpc) is 2.44. The van der Waals surface area contributed by atoms with E-state index in [9.17, 15) is 18.0 Å². The minimum Gasteiger partial charge on any atom is -0.330 e. The fraction of sp³-hybridized carbons (Fsp3) is 0.286. The molecular formula is C14H12ClF3N2O. The number of pyridine rings is 1. The second-order valence-electron chi connectivity index (χ2n) is 4.44. The summed E-state index contributed by atoms with van der Waals surface area (Å²) in [6, 6.07) is 6.71. The first-order chi connectivity index (χ1) is 9.83. The molecule has 0 atom stereocenters. The van der Waals surface area contributed by atoms with E-state index >= 15 is 0 Å². The van der Waals surface area contributed by atoms with Gasteiger partial charge in [0.05, 0.1) is 5.56 Å². The van der Waals surface area contributed by atoms with Crippen molar-refractivity contribution in [1.29, 1.82) is 0 Å². The van der Waals surface area contributed by atoms with Crippen molar-refractivity contribution in [3.8, 4) is 0 Å². The Morgan fingerprint density at radius 1 is 1.29 bits per heavy atom. The summed E-state index contributed by atoms with van der Waals surface area (Å²) in [4.78, 5) is 16.9. The number of fused-ring (bicyclic) bond motifs is 1. The van der Waals surface area contributed by atoms with E-state index in [0.717, 1.165) is 4.90 Å². The SMILES string of the molecule is CCN(CC(F)(F)F)C(=O)c1cnc(Cl)c2ccccc12. The van der Waals surface area contributed by atoms with Gasteiger partial charge in [0.2, 0.25) is 0 Å². The number of aromatic nitrogens is 1. The fourth-order valence-corrected chi connectivity index (χ4v) is 2.26. The molecular weight excluding hydrogens is 305 g/mol. The van der Waals surface area contributed by atoms with Gasteiger partial charge >= 0.3 is 6.18 Å². The van der Waals surface area contributed by atoms with Crippen LogP contribution in [-0.4, -0.2) is 35.1 Å². The monoisotopic (exact) mass is 316 g/mol. The number of benzene rings is 1. The van der Waals surface area contributed by atoms with Crippen LogP contribution in [0, 0.1) is 0 Å². The van der Waals surface area contributed by atoms with Crippen LogP contribution in [0.5, 0.6) is 0 Å². The lowest BCUT2D eigenvalue weighted by Crippen LogP contribution is -2.38. The number of amides is 1. The third-order valence-electron chi connectivity index (χ3n) is 3.02. The molecule has 0 spiro atoms. The van der Waals surface area contributed by atoms with E-state index in [1.54, 1.807) is 24.3 Å². The third kappa shape index (κ3) is 3.44. The highest BCUT2D eigenvalue weighted by Gasteiger charge is 2.33. The number of alkyl halides is 3. The van der Waals surface area contributed by atoms with Gasteiger partial charge in [-0.05, 0) is 12.3 Å². The van der Waals surface area contributed by atoms with Crippen LogP contribution in [0.1, 0.15) is 17.3 Å². The summed E-state index contributed by atoms with van der Waals surface area (Å²) in [5.74, 6) is -0.713. The number of carbonyl (C=O) groups is 1. The molecule has 3 nitrogen and oxygen atoms in total. The van der Waals surface area contributed by atoms with Gasteiger partial charge < -0.3 is 4.90 Å². The Hall–Kier alpha value is -1.82. The highest BCUT2D eigenvalue weighted by Crippen LogP contribution is 2.26.